The molecule has 1 aliphatic heterocycles. The SMILES string of the molecule is CCNC(=O)Nc1nc2cc(-c3cnc(C(C)(C)O)nc3)cc(-c3ccc(OCCN4CCOCC4)cn3)c2s1. The number of hydrogen-bond donors (Lipinski definition) is 3. The molecule has 1 aliphatic rings. The first-order valence-corrected chi connectivity index (χ1v) is 14.1. The summed E-state index contributed by atoms with van der Waals surface area (Å²) >= 11 is 1.38. The van der Waals surface area contributed by atoms with Gasteiger partial charge in [-0.3, -0.25) is 15.2 Å². The summed E-state index contributed by atoms with van der Waals surface area (Å²) in [5.41, 5.74) is 2.79. The van der Waals surface area contributed by atoms with Crippen LogP contribution in [0.3, 0.4) is 0 Å². The van der Waals surface area contributed by atoms with E-state index in [1.807, 2.05) is 31.2 Å². The molecule has 4 aromatic rings. The van der Waals surface area contributed by atoms with Crippen molar-refractivity contribution in [3.8, 4) is 28.1 Å². The van der Waals surface area contributed by atoms with E-state index in [1.165, 1.54) is 11.3 Å². The van der Waals surface area contributed by atoms with Crippen molar-refractivity contribution in [2.45, 2.75) is 26.4 Å². The molecule has 0 spiro atoms. The molecule has 1 saturated heterocycles. The minimum absolute atomic E-state index is 0.310. The molecule has 5 rings (SSSR count). The van der Waals surface area contributed by atoms with Gasteiger partial charge in [-0.25, -0.2) is 19.7 Å². The lowest BCUT2D eigenvalue weighted by Crippen LogP contribution is -2.38. The number of aliphatic hydroxyl groups is 1. The molecule has 0 radical (unpaired) electrons. The minimum Gasteiger partial charge on any atom is -0.491 e. The number of morpholine rings is 1. The number of thiazole rings is 1. The third kappa shape index (κ3) is 6.70. The molecule has 3 aromatic heterocycles. The molecule has 210 valence electrons. The van der Waals surface area contributed by atoms with Gasteiger partial charge >= 0.3 is 6.03 Å². The zero-order chi connectivity index (χ0) is 28.1. The summed E-state index contributed by atoms with van der Waals surface area (Å²) in [6.45, 7) is 10.4. The summed E-state index contributed by atoms with van der Waals surface area (Å²) in [5.74, 6) is 1.04. The van der Waals surface area contributed by atoms with Crippen molar-refractivity contribution in [1.82, 2.24) is 30.2 Å². The molecule has 1 fully saturated rings. The lowest BCUT2D eigenvalue weighted by atomic mass is 10.0. The maximum atomic E-state index is 12.1. The van der Waals surface area contributed by atoms with Crippen LogP contribution in [-0.2, 0) is 10.3 Å². The van der Waals surface area contributed by atoms with Crippen LogP contribution in [0.15, 0.2) is 42.9 Å². The van der Waals surface area contributed by atoms with E-state index in [0.717, 1.165) is 59.9 Å². The summed E-state index contributed by atoms with van der Waals surface area (Å²) in [4.78, 5) is 32.6. The quantitative estimate of drug-likeness (QED) is 0.277. The molecule has 0 saturated carbocycles. The van der Waals surface area contributed by atoms with Gasteiger partial charge in [-0.15, -0.1) is 0 Å². The average Bonchev–Trinajstić information content (AvgIpc) is 3.35. The second kappa shape index (κ2) is 12.2. The largest absolute Gasteiger partial charge is 0.491 e. The maximum Gasteiger partial charge on any atom is 0.321 e. The highest BCUT2D eigenvalue weighted by Gasteiger charge is 2.20. The fourth-order valence-electron chi connectivity index (χ4n) is 4.28. The van der Waals surface area contributed by atoms with E-state index < -0.39 is 5.60 Å². The summed E-state index contributed by atoms with van der Waals surface area (Å²) in [6.07, 6.45) is 5.10. The Labute approximate surface area is 236 Å². The molecule has 4 heterocycles. The van der Waals surface area contributed by atoms with Crippen LogP contribution in [0, 0.1) is 0 Å². The molecular weight excluding hydrogens is 530 g/mol. The highest BCUT2D eigenvalue weighted by Crippen LogP contribution is 2.38. The van der Waals surface area contributed by atoms with E-state index in [-0.39, 0.29) is 6.03 Å². The van der Waals surface area contributed by atoms with E-state index in [1.54, 1.807) is 32.4 Å². The number of carbonyl (C=O) groups is 1. The molecule has 0 unspecified atom stereocenters. The van der Waals surface area contributed by atoms with Gasteiger partial charge in [-0.1, -0.05) is 11.3 Å². The number of rotatable bonds is 9. The molecule has 1 aromatic carbocycles. The Morgan fingerprint density at radius 1 is 1.12 bits per heavy atom. The van der Waals surface area contributed by atoms with Crippen molar-refractivity contribution in [2.24, 2.45) is 0 Å². The third-order valence-corrected chi connectivity index (χ3v) is 7.39. The van der Waals surface area contributed by atoms with Crippen LogP contribution in [0.2, 0.25) is 0 Å². The van der Waals surface area contributed by atoms with Gasteiger partial charge in [0.1, 0.15) is 18.0 Å². The zero-order valence-electron chi connectivity index (χ0n) is 22.8. The van der Waals surface area contributed by atoms with Crippen LogP contribution in [-0.4, -0.2) is 82.0 Å². The number of anilines is 1. The average molecular weight is 564 g/mol. The number of carbonyl (C=O) groups excluding carboxylic acids is 1. The normalized spacial score (nSPS) is 14.3. The number of urea groups is 1. The molecule has 40 heavy (non-hydrogen) atoms. The summed E-state index contributed by atoms with van der Waals surface area (Å²) < 4.78 is 12.2. The Kier molecular flexibility index (Phi) is 8.50. The standard InChI is InChI=1S/C28H33N7O4S/c1-4-29-26(36)34-27-33-23-14-18(19-15-31-25(32-16-19)28(2,3)37)13-21(24(23)40-27)22-6-5-20(17-30-22)39-12-9-35-7-10-38-11-8-35/h5-6,13-17,37H,4,7-12H2,1-3H3,(H2,29,33,34,36). The number of hydrogen-bond acceptors (Lipinski definition) is 10. The van der Waals surface area contributed by atoms with Crippen LogP contribution in [0.25, 0.3) is 32.6 Å². The van der Waals surface area contributed by atoms with Crippen molar-refractivity contribution >= 4 is 32.7 Å². The van der Waals surface area contributed by atoms with Crippen LogP contribution in [0.5, 0.6) is 5.75 Å². The van der Waals surface area contributed by atoms with E-state index in [4.69, 9.17) is 14.5 Å². The van der Waals surface area contributed by atoms with Gasteiger partial charge in [0.25, 0.3) is 0 Å². The Morgan fingerprint density at radius 2 is 1.90 bits per heavy atom. The molecule has 0 aliphatic carbocycles. The summed E-state index contributed by atoms with van der Waals surface area (Å²) in [6, 6.07) is 7.48. The van der Waals surface area contributed by atoms with Crippen molar-refractivity contribution in [2.75, 3.05) is 51.3 Å². The van der Waals surface area contributed by atoms with Gasteiger partial charge in [-0.05, 0) is 50.6 Å². The van der Waals surface area contributed by atoms with E-state index in [0.29, 0.717) is 35.4 Å². The topological polar surface area (TPSA) is 135 Å². The first kappa shape index (κ1) is 27.8. The van der Waals surface area contributed by atoms with E-state index in [9.17, 15) is 9.90 Å². The second-order valence-corrected chi connectivity index (χ2v) is 10.9. The first-order valence-electron chi connectivity index (χ1n) is 13.2. The Morgan fingerprint density at radius 3 is 2.58 bits per heavy atom. The van der Waals surface area contributed by atoms with Crippen molar-refractivity contribution in [3.05, 3.63) is 48.7 Å². The highest BCUT2D eigenvalue weighted by atomic mass is 32.1. The van der Waals surface area contributed by atoms with Gasteiger partial charge in [-0.2, -0.15) is 0 Å². The van der Waals surface area contributed by atoms with Crippen molar-refractivity contribution < 1.29 is 19.4 Å². The molecular formula is C28H33N7O4S. The lowest BCUT2D eigenvalue weighted by Gasteiger charge is -2.26. The van der Waals surface area contributed by atoms with Crippen LogP contribution >= 0.6 is 11.3 Å². The smallest absolute Gasteiger partial charge is 0.321 e. The molecule has 11 nitrogen and oxygen atoms in total. The fraction of sp³-hybridized carbons (Fsp3) is 0.393. The molecule has 12 heteroatoms. The second-order valence-electron chi connectivity index (χ2n) is 9.91. The Bertz CT molecular complexity index is 1450. The number of nitrogens with one attached hydrogen (secondary N) is 2. The molecule has 0 atom stereocenters. The molecule has 2 amide bonds. The van der Waals surface area contributed by atoms with Gasteiger partial charge in [0.05, 0.1) is 35.3 Å². The lowest BCUT2D eigenvalue weighted by molar-refractivity contribution is 0.0322. The minimum atomic E-state index is -1.14. The predicted molar refractivity (Wildman–Crippen MR) is 155 cm³/mol. The maximum absolute atomic E-state index is 12.1. The third-order valence-electron chi connectivity index (χ3n) is 6.37. The van der Waals surface area contributed by atoms with Gasteiger partial charge in [0.15, 0.2) is 11.0 Å². The number of ether oxygens (including phenoxy) is 2. The fourth-order valence-corrected chi connectivity index (χ4v) is 5.24. The van der Waals surface area contributed by atoms with Crippen LogP contribution in [0.4, 0.5) is 9.93 Å². The van der Waals surface area contributed by atoms with Crippen LogP contribution in [0.1, 0.15) is 26.6 Å². The Hall–Kier alpha value is -3.71. The summed E-state index contributed by atoms with van der Waals surface area (Å²) in [7, 11) is 0. The van der Waals surface area contributed by atoms with E-state index >= 15 is 0 Å². The zero-order valence-corrected chi connectivity index (χ0v) is 23.6. The van der Waals surface area contributed by atoms with Crippen LogP contribution < -0.4 is 15.4 Å². The van der Waals surface area contributed by atoms with Gasteiger partial charge in [0, 0.05) is 49.7 Å². The first-order chi connectivity index (χ1) is 19.3. The number of amides is 2. The molecule has 3 N–H and O–H groups in total. The van der Waals surface area contributed by atoms with Gasteiger partial charge < -0.3 is 19.9 Å². The monoisotopic (exact) mass is 563 g/mol. The number of benzene rings is 1. The predicted octanol–water partition coefficient (Wildman–Crippen LogP) is 3.90. The van der Waals surface area contributed by atoms with Gasteiger partial charge in [0.2, 0.25) is 0 Å². The number of nitrogens with zero attached hydrogens (tertiary/aromatic N) is 5. The summed E-state index contributed by atoms with van der Waals surface area (Å²) in [5, 5.41) is 16.3. The van der Waals surface area contributed by atoms with E-state index in [2.05, 4.69) is 30.5 Å². The van der Waals surface area contributed by atoms with Crippen molar-refractivity contribution in [3.63, 3.8) is 0 Å². The number of fused-ring (bicyclic) bond motifs is 1. The van der Waals surface area contributed by atoms with Crippen molar-refractivity contribution in [1.29, 1.82) is 0 Å². The number of pyridine rings is 1. The number of aromatic nitrogens is 4. The Balaban J connectivity index is 1.43. The highest BCUT2D eigenvalue weighted by molar-refractivity contribution is 7.22. The molecule has 0 bridgehead atoms.